The molecule has 0 fully saturated rings. The quantitative estimate of drug-likeness (QED) is 0.340. The summed E-state index contributed by atoms with van der Waals surface area (Å²) in [6.07, 6.45) is 2.10. The summed E-state index contributed by atoms with van der Waals surface area (Å²) in [7, 11) is -8.14. The minimum absolute atomic E-state index is 0.0141. The van der Waals surface area contributed by atoms with Gasteiger partial charge in [0.1, 0.15) is 22.1 Å². The number of fused-ring (bicyclic) bond motifs is 2. The Morgan fingerprint density at radius 3 is 2.47 bits per heavy atom. The smallest absolute Gasteiger partial charge is 0.286 e. The molecule has 1 aliphatic rings. The van der Waals surface area contributed by atoms with Crippen molar-refractivity contribution in [1.82, 2.24) is 4.40 Å². The number of hydrogen-bond acceptors (Lipinski definition) is 7. The fourth-order valence-electron chi connectivity index (χ4n) is 4.21. The highest BCUT2D eigenvalue weighted by atomic mass is 32.2. The monoisotopic (exact) mass is 560 g/mol. The summed E-state index contributed by atoms with van der Waals surface area (Å²) in [5.74, 6) is -2.77. The Labute approximate surface area is 215 Å². The Kier molecular flexibility index (Phi) is 5.95. The molecule has 5 rings (SSSR count). The van der Waals surface area contributed by atoms with Gasteiger partial charge >= 0.3 is 0 Å². The number of nitrogens with zero attached hydrogens (tertiary/aromatic N) is 2. The van der Waals surface area contributed by atoms with E-state index in [1.165, 1.54) is 28.8 Å². The van der Waals surface area contributed by atoms with E-state index in [9.17, 15) is 35.5 Å². The lowest BCUT2D eigenvalue weighted by Crippen LogP contribution is -2.30. The molecule has 196 valence electrons. The van der Waals surface area contributed by atoms with Crippen molar-refractivity contribution in [3.05, 3.63) is 99.3 Å². The van der Waals surface area contributed by atoms with Gasteiger partial charge in [0, 0.05) is 29.9 Å². The van der Waals surface area contributed by atoms with E-state index in [2.05, 4.69) is 14.4 Å². The molecule has 2 aromatic carbocycles. The minimum atomic E-state index is -4.46. The van der Waals surface area contributed by atoms with E-state index in [1.54, 1.807) is 12.1 Å². The van der Waals surface area contributed by atoms with Gasteiger partial charge < -0.3 is 10.4 Å². The summed E-state index contributed by atoms with van der Waals surface area (Å²) in [5, 5.41) is 13.7. The standard InChI is InChI=1S/C24H18F2N4O6S2/c1-37(33,34)28-16-5-6-18-20(12-16)38(35,36)29-23(27-18)21-22(31)17(10-13-8-14(25)11-15(26)9-13)19-4-2-3-7-30(19)24(21)32/h2-9,11-12,28,32H,10H2,1H3,(H,27,29). The van der Waals surface area contributed by atoms with Gasteiger partial charge in [-0.2, -0.15) is 8.42 Å². The van der Waals surface area contributed by atoms with Gasteiger partial charge in [0.05, 0.1) is 17.5 Å². The molecule has 0 saturated heterocycles. The summed E-state index contributed by atoms with van der Waals surface area (Å²) >= 11 is 0. The molecule has 1 aliphatic heterocycles. The van der Waals surface area contributed by atoms with E-state index < -0.39 is 54.4 Å². The van der Waals surface area contributed by atoms with E-state index >= 15 is 0 Å². The Hall–Kier alpha value is -4.30. The van der Waals surface area contributed by atoms with Gasteiger partial charge in [-0.25, -0.2) is 17.2 Å². The summed E-state index contributed by atoms with van der Waals surface area (Å²) in [6, 6.07) is 11.2. The topological polar surface area (TPSA) is 146 Å². The number of halogens is 2. The molecule has 0 unspecified atom stereocenters. The molecule has 0 amide bonds. The molecule has 0 atom stereocenters. The van der Waals surface area contributed by atoms with Crippen LogP contribution >= 0.6 is 0 Å². The van der Waals surface area contributed by atoms with Crippen LogP contribution in [0, 0.1) is 11.6 Å². The SMILES string of the molecule is CS(=O)(=O)Nc1ccc2c(c1)S(=O)(=O)N=C(c1c(O)n3ccccc3c(Cc3cc(F)cc(F)c3)c1=O)N2. The second-order valence-electron chi connectivity index (χ2n) is 8.54. The van der Waals surface area contributed by atoms with E-state index in [0.29, 0.717) is 6.07 Å². The van der Waals surface area contributed by atoms with Gasteiger partial charge in [0.2, 0.25) is 21.3 Å². The summed E-state index contributed by atoms with van der Waals surface area (Å²) in [4.78, 5) is 13.3. The Balaban J connectivity index is 1.69. The van der Waals surface area contributed by atoms with Gasteiger partial charge in [-0.3, -0.25) is 13.9 Å². The summed E-state index contributed by atoms with van der Waals surface area (Å²) in [6.45, 7) is 0. The minimum Gasteiger partial charge on any atom is -0.494 e. The largest absolute Gasteiger partial charge is 0.494 e. The first-order chi connectivity index (χ1) is 17.8. The average Bonchev–Trinajstić information content (AvgIpc) is 2.80. The first-order valence-corrected chi connectivity index (χ1v) is 14.2. The van der Waals surface area contributed by atoms with Crippen LogP contribution in [0.4, 0.5) is 20.2 Å². The van der Waals surface area contributed by atoms with Crippen LogP contribution in [-0.2, 0) is 26.5 Å². The van der Waals surface area contributed by atoms with E-state index in [0.717, 1.165) is 24.5 Å². The number of aromatic nitrogens is 1. The van der Waals surface area contributed by atoms with Crippen LogP contribution in [0.5, 0.6) is 5.88 Å². The summed E-state index contributed by atoms with van der Waals surface area (Å²) in [5.41, 5.74) is -0.909. The Morgan fingerprint density at radius 1 is 1.08 bits per heavy atom. The maximum atomic E-state index is 13.8. The number of amidine groups is 1. The number of rotatable bonds is 5. The van der Waals surface area contributed by atoms with Gasteiger partial charge in [-0.15, -0.1) is 4.40 Å². The maximum Gasteiger partial charge on any atom is 0.286 e. The second kappa shape index (κ2) is 8.92. The van der Waals surface area contributed by atoms with Gasteiger partial charge in [0.15, 0.2) is 5.84 Å². The lowest BCUT2D eigenvalue weighted by Gasteiger charge is -2.21. The first-order valence-electron chi connectivity index (χ1n) is 10.9. The van der Waals surface area contributed by atoms with Crippen molar-refractivity contribution in [2.24, 2.45) is 4.40 Å². The second-order valence-corrected chi connectivity index (χ2v) is 11.9. The molecule has 3 heterocycles. The molecule has 0 bridgehead atoms. The fraction of sp³-hybridized carbons (Fsp3) is 0.0833. The lowest BCUT2D eigenvalue weighted by molar-refractivity contribution is 0.443. The van der Waals surface area contributed by atoms with Crippen LogP contribution < -0.4 is 15.5 Å². The summed E-state index contributed by atoms with van der Waals surface area (Å²) < 4.78 is 83.9. The van der Waals surface area contributed by atoms with Crippen LogP contribution in [0.3, 0.4) is 0 Å². The molecule has 4 aromatic rings. The fourth-order valence-corrected chi connectivity index (χ4v) is 5.91. The molecule has 14 heteroatoms. The van der Waals surface area contributed by atoms with Crippen LogP contribution in [-0.4, -0.2) is 38.4 Å². The van der Waals surface area contributed by atoms with E-state index in [4.69, 9.17) is 0 Å². The zero-order valence-corrected chi connectivity index (χ0v) is 21.1. The van der Waals surface area contributed by atoms with Gasteiger partial charge in [-0.05, 0) is 48.0 Å². The van der Waals surface area contributed by atoms with Crippen LogP contribution in [0.2, 0.25) is 0 Å². The highest BCUT2D eigenvalue weighted by Crippen LogP contribution is 2.33. The van der Waals surface area contributed by atoms with Crippen LogP contribution in [0.1, 0.15) is 16.7 Å². The molecule has 3 N–H and O–H groups in total. The Morgan fingerprint density at radius 2 is 1.79 bits per heavy atom. The zero-order chi connectivity index (χ0) is 27.4. The lowest BCUT2D eigenvalue weighted by atomic mass is 10.0. The van der Waals surface area contributed by atoms with Crippen molar-refractivity contribution in [2.75, 3.05) is 16.3 Å². The first kappa shape index (κ1) is 25.4. The third-order valence-corrected chi connectivity index (χ3v) is 7.61. The third kappa shape index (κ3) is 4.70. The molecule has 0 radical (unpaired) electrons. The molecule has 2 aromatic heterocycles. The van der Waals surface area contributed by atoms with Crippen molar-refractivity contribution in [1.29, 1.82) is 0 Å². The number of aromatic hydroxyl groups is 1. The molecule has 0 saturated carbocycles. The van der Waals surface area contributed by atoms with Crippen molar-refractivity contribution in [2.45, 2.75) is 11.3 Å². The van der Waals surface area contributed by atoms with Crippen LogP contribution in [0.15, 0.2) is 74.9 Å². The number of pyridine rings is 2. The van der Waals surface area contributed by atoms with Crippen molar-refractivity contribution in [3.8, 4) is 5.88 Å². The van der Waals surface area contributed by atoms with Gasteiger partial charge in [0.25, 0.3) is 10.0 Å². The molecule has 10 nitrogen and oxygen atoms in total. The highest BCUT2D eigenvalue weighted by molar-refractivity contribution is 7.92. The molecule has 38 heavy (non-hydrogen) atoms. The molecular weight excluding hydrogens is 542 g/mol. The van der Waals surface area contributed by atoms with E-state index in [-0.39, 0.29) is 39.3 Å². The predicted octanol–water partition coefficient (Wildman–Crippen LogP) is 2.81. The molecular formula is C24H18F2N4O6S2. The van der Waals surface area contributed by atoms with Crippen molar-refractivity contribution in [3.63, 3.8) is 0 Å². The third-order valence-electron chi connectivity index (χ3n) is 5.69. The van der Waals surface area contributed by atoms with Gasteiger partial charge in [-0.1, -0.05) is 6.07 Å². The Bertz CT molecular complexity index is 1930. The van der Waals surface area contributed by atoms with Crippen molar-refractivity contribution < 1.29 is 30.7 Å². The normalized spacial score (nSPS) is 14.4. The predicted molar refractivity (Wildman–Crippen MR) is 137 cm³/mol. The molecule has 0 spiro atoms. The van der Waals surface area contributed by atoms with Crippen LogP contribution in [0.25, 0.3) is 5.52 Å². The number of hydrogen-bond donors (Lipinski definition) is 3. The van der Waals surface area contributed by atoms with E-state index in [1.807, 2.05) is 0 Å². The number of sulfonamides is 2. The molecule has 0 aliphatic carbocycles. The highest BCUT2D eigenvalue weighted by Gasteiger charge is 2.30. The number of nitrogens with one attached hydrogen (secondary N) is 2. The average molecular weight is 561 g/mol. The zero-order valence-electron chi connectivity index (χ0n) is 19.4. The maximum absolute atomic E-state index is 13.8. The van der Waals surface area contributed by atoms with Crippen molar-refractivity contribution >= 4 is 42.8 Å². The number of anilines is 2. The number of benzene rings is 2.